The van der Waals surface area contributed by atoms with Crippen molar-refractivity contribution in [3.8, 4) is 0 Å². The Labute approximate surface area is 114 Å². The van der Waals surface area contributed by atoms with Crippen LogP contribution in [0.1, 0.15) is 33.6 Å². The van der Waals surface area contributed by atoms with E-state index in [4.69, 9.17) is 0 Å². The van der Waals surface area contributed by atoms with Gasteiger partial charge in [-0.05, 0) is 18.6 Å². The zero-order chi connectivity index (χ0) is 13.7. The van der Waals surface area contributed by atoms with Crippen LogP contribution in [0.5, 0.6) is 0 Å². The summed E-state index contributed by atoms with van der Waals surface area (Å²) in [7, 11) is 0. The predicted molar refractivity (Wildman–Crippen MR) is 75.6 cm³/mol. The van der Waals surface area contributed by atoms with Gasteiger partial charge >= 0.3 is 0 Å². The highest BCUT2D eigenvalue weighted by Crippen LogP contribution is 2.19. The molecule has 0 bridgehead atoms. The predicted octanol–water partition coefficient (Wildman–Crippen LogP) is 1.50. The van der Waals surface area contributed by atoms with E-state index in [1.165, 1.54) is 0 Å². The van der Waals surface area contributed by atoms with Crippen LogP contribution in [0.4, 0.5) is 0 Å². The van der Waals surface area contributed by atoms with Gasteiger partial charge in [-0.2, -0.15) is 11.8 Å². The number of hydrogen-bond donors (Lipinski definition) is 1. The summed E-state index contributed by atoms with van der Waals surface area (Å²) in [6.07, 6.45) is 3.67. The fourth-order valence-electron chi connectivity index (χ4n) is 2.25. The van der Waals surface area contributed by atoms with Crippen molar-refractivity contribution in [1.29, 1.82) is 0 Å². The van der Waals surface area contributed by atoms with Gasteiger partial charge in [-0.3, -0.25) is 9.59 Å². The summed E-state index contributed by atoms with van der Waals surface area (Å²) in [6, 6.07) is -0.628. The molecular weight excluding hydrogens is 248 g/mol. The third kappa shape index (κ3) is 3.40. The Morgan fingerprint density at radius 1 is 1.39 bits per heavy atom. The van der Waals surface area contributed by atoms with Crippen LogP contribution in [0, 0.1) is 5.92 Å². The van der Waals surface area contributed by atoms with E-state index in [-0.39, 0.29) is 29.8 Å². The molecule has 0 aliphatic carbocycles. The lowest BCUT2D eigenvalue weighted by molar-refractivity contribution is -0.150. The SMILES string of the molecule is CCCC1C(=O)NC(C(C)C)C(=O)N1CCSC. The van der Waals surface area contributed by atoms with Crippen LogP contribution in [0.2, 0.25) is 0 Å². The van der Waals surface area contributed by atoms with E-state index in [2.05, 4.69) is 5.32 Å². The van der Waals surface area contributed by atoms with E-state index in [0.29, 0.717) is 6.54 Å². The molecule has 1 heterocycles. The summed E-state index contributed by atoms with van der Waals surface area (Å²) < 4.78 is 0. The molecule has 1 saturated heterocycles. The molecule has 0 radical (unpaired) electrons. The minimum atomic E-state index is -0.354. The Kier molecular flexibility index (Phi) is 5.99. The Bertz CT molecular complexity index is 307. The zero-order valence-corrected chi connectivity index (χ0v) is 12.5. The van der Waals surface area contributed by atoms with Crippen LogP contribution in [0.3, 0.4) is 0 Å². The molecular formula is C13H24N2O2S. The van der Waals surface area contributed by atoms with Crippen LogP contribution in [-0.4, -0.2) is 47.4 Å². The van der Waals surface area contributed by atoms with Gasteiger partial charge in [0.05, 0.1) is 0 Å². The fourth-order valence-corrected chi connectivity index (χ4v) is 2.63. The van der Waals surface area contributed by atoms with Gasteiger partial charge in [0.15, 0.2) is 0 Å². The van der Waals surface area contributed by atoms with Gasteiger partial charge in [0.1, 0.15) is 12.1 Å². The Morgan fingerprint density at radius 3 is 2.56 bits per heavy atom. The van der Waals surface area contributed by atoms with E-state index in [1.54, 1.807) is 16.7 Å². The first-order valence-electron chi connectivity index (χ1n) is 6.62. The summed E-state index contributed by atoms with van der Waals surface area (Å²) in [5.74, 6) is 1.11. The summed E-state index contributed by atoms with van der Waals surface area (Å²) in [5.41, 5.74) is 0. The van der Waals surface area contributed by atoms with E-state index < -0.39 is 0 Å². The normalized spacial score (nSPS) is 24.6. The molecule has 104 valence electrons. The molecule has 0 aromatic heterocycles. The smallest absolute Gasteiger partial charge is 0.246 e. The number of nitrogens with one attached hydrogen (secondary N) is 1. The van der Waals surface area contributed by atoms with E-state index in [9.17, 15) is 9.59 Å². The average Bonchev–Trinajstić information content (AvgIpc) is 2.32. The molecule has 2 unspecified atom stereocenters. The highest BCUT2D eigenvalue weighted by atomic mass is 32.2. The number of nitrogens with zero attached hydrogens (tertiary/aromatic N) is 1. The lowest BCUT2D eigenvalue weighted by Gasteiger charge is -2.40. The fraction of sp³-hybridized carbons (Fsp3) is 0.846. The Morgan fingerprint density at radius 2 is 2.06 bits per heavy atom. The van der Waals surface area contributed by atoms with Crippen LogP contribution in [0.25, 0.3) is 0 Å². The van der Waals surface area contributed by atoms with Gasteiger partial charge in [0, 0.05) is 12.3 Å². The first-order valence-corrected chi connectivity index (χ1v) is 8.02. The second-order valence-electron chi connectivity index (χ2n) is 5.06. The number of amides is 2. The molecule has 1 aliphatic rings. The lowest BCUT2D eigenvalue weighted by atomic mass is 9.96. The first kappa shape index (κ1) is 15.3. The van der Waals surface area contributed by atoms with Crippen molar-refractivity contribution in [1.82, 2.24) is 10.2 Å². The zero-order valence-electron chi connectivity index (χ0n) is 11.7. The topological polar surface area (TPSA) is 49.4 Å². The number of carbonyl (C=O) groups excluding carboxylic acids is 2. The maximum Gasteiger partial charge on any atom is 0.246 e. The van der Waals surface area contributed by atoms with Gasteiger partial charge in [0.25, 0.3) is 0 Å². The molecule has 1 fully saturated rings. The van der Waals surface area contributed by atoms with Gasteiger partial charge in [-0.15, -0.1) is 0 Å². The minimum absolute atomic E-state index is 0.0104. The largest absolute Gasteiger partial charge is 0.342 e. The third-order valence-electron chi connectivity index (χ3n) is 3.29. The molecule has 5 heteroatoms. The minimum Gasteiger partial charge on any atom is -0.342 e. The molecule has 1 N–H and O–H groups in total. The second-order valence-corrected chi connectivity index (χ2v) is 6.04. The summed E-state index contributed by atoms with van der Waals surface area (Å²) >= 11 is 1.70. The molecule has 4 nitrogen and oxygen atoms in total. The number of thioether (sulfide) groups is 1. The molecule has 0 saturated carbocycles. The van der Waals surface area contributed by atoms with Crippen LogP contribution in [-0.2, 0) is 9.59 Å². The first-order chi connectivity index (χ1) is 8.52. The number of rotatable bonds is 6. The van der Waals surface area contributed by atoms with E-state index >= 15 is 0 Å². The van der Waals surface area contributed by atoms with Gasteiger partial charge < -0.3 is 10.2 Å². The van der Waals surface area contributed by atoms with Crippen molar-refractivity contribution >= 4 is 23.6 Å². The monoisotopic (exact) mass is 272 g/mol. The third-order valence-corrected chi connectivity index (χ3v) is 3.88. The number of carbonyl (C=O) groups is 2. The van der Waals surface area contributed by atoms with Crippen molar-refractivity contribution in [2.75, 3.05) is 18.6 Å². The molecule has 0 spiro atoms. The molecule has 0 aromatic carbocycles. The van der Waals surface area contributed by atoms with Crippen LogP contribution < -0.4 is 5.32 Å². The molecule has 2 atom stereocenters. The van der Waals surface area contributed by atoms with E-state index in [1.807, 2.05) is 27.0 Å². The van der Waals surface area contributed by atoms with E-state index in [0.717, 1.165) is 18.6 Å². The number of piperazine rings is 1. The van der Waals surface area contributed by atoms with Crippen molar-refractivity contribution < 1.29 is 9.59 Å². The average molecular weight is 272 g/mol. The van der Waals surface area contributed by atoms with Crippen LogP contribution in [0.15, 0.2) is 0 Å². The summed E-state index contributed by atoms with van der Waals surface area (Å²) in [6.45, 7) is 6.64. The van der Waals surface area contributed by atoms with Crippen LogP contribution >= 0.6 is 11.8 Å². The maximum absolute atomic E-state index is 12.4. The van der Waals surface area contributed by atoms with Crippen molar-refractivity contribution in [3.63, 3.8) is 0 Å². The molecule has 18 heavy (non-hydrogen) atoms. The second kappa shape index (κ2) is 7.02. The molecule has 1 rings (SSSR count). The quantitative estimate of drug-likeness (QED) is 0.797. The summed E-state index contributed by atoms with van der Waals surface area (Å²) in [5, 5.41) is 2.87. The number of hydrogen-bond acceptors (Lipinski definition) is 3. The van der Waals surface area contributed by atoms with Gasteiger partial charge in [0.2, 0.25) is 11.8 Å². The standard InChI is InChI=1S/C13H24N2O2S/c1-5-6-10-12(16)14-11(9(2)3)13(17)15(10)7-8-18-4/h9-11H,5-8H2,1-4H3,(H,14,16). The van der Waals surface area contributed by atoms with Crippen molar-refractivity contribution in [2.24, 2.45) is 5.92 Å². The van der Waals surface area contributed by atoms with Crippen molar-refractivity contribution in [2.45, 2.75) is 45.7 Å². The molecule has 0 aromatic rings. The maximum atomic E-state index is 12.4. The molecule has 1 aliphatic heterocycles. The van der Waals surface area contributed by atoms with Crippen molar-refractivity contribution in [3.05, 3.63) is 0 Å². The molecule has 2 amide bonds. The Balaban J connectivity index is 2.85. The van der Waals surface area contributed by atoms with Gasteiger partial charge in [-0.25, -0.2) is 0 Å². The highest BCUT2D eigenvalue weighted by Gasteiger charge is 2.40. The Hall–Kier alpha value is -0.710. The van der Waals surface area contributed by atoms with Gasteiger partial charge in [-0.1, -0.05) is 27.2 Å². The lowest BCUT2D eigenvalue weighted by Crippen LogP contribution is -2.64. The highest BCUT2D eigenvalue weighted by molar-refractivity contribution is 7.98. The summed E-state index contributed by atoms with van der Waals surface area (Å²) in [4.78, 5) is 26.3.